The van der Waals surface area contributed by atoms with Crippen LogP contribution in [0.4, 0.5) is 0 Å². The number of nitrogens with one attached hydrogen (secondary N) is 1. The summed E-state index contributed by atoms with van der Waals surface area (Å²) >= 11 is 6.48. The Morgan fingerprint density at radius 1 is 1.30 bits per heavy atom. The van der Waals surface area contributed by atoms with Crippen molar-refractivity contribution >= 4 is 43.7 Å². The average molecular weight is 407 g/mol. The fourth-order valence-corrected chi connectivity index (χ4v) is 3.01. The fraction of sp³-hybridized carbons (Fsp3) is 0.385. The summed E-state index contributed by atoms with van der Waals surface area (Å²) in [5, 5.41) is 11.7. The third-order valence-corrected chi connectivity index (χ3v) is 4.06. The Kier molecular flexibility index (Phi) is 5.04. The molecule has 0 heterocycles. The van der Waals surface area contributed by atoms with Gasteiger partial charge in [-0.25, -0.2) is 4.79 Å². The van der Waals surface area contributed by atoms with E-state index in [4.69, 9.17) is 9.84 Å². The standard InChI is InChI=1S/C13H13Br2NO4/c14-9-3-8(13(18)19)4-10(15)12(9)20-6-11(17)16-5-7-1-2-7/h3-4,7H,1-2,5-6H2,(H,16,17)(H,18,19). The van der Waals surface area contributed by atoms with E-state index in [1.807, 2.05) is 0 Å². The number of amides is 1. The lowest BCUT2D eigenvalue weighted by molar-refractivity contribution is -0.123. The predicted molar refractivity (Wildman–Crippen MR) is 80.0 cm³/mol. The number of halogens is 2. The van der Waals surface area contributed by atoms with Crippen LogP contribution in [-0.2, 0) is 4.79 Å². The smallest absolute Gasteiger partial charge is 0.335 e. The highest BCUT2D eigenvalue weighted by Gasteiger charge is 2.21. The molecule has 2 rings (SSSR count). The number of rotatable bonds is 6. The number of carbonyl (C=O) groups excluding carboxylic acids is 1. The Morgan fingerprint density at radius 3 is 2.40 bits per heavy atom. The highest BCUT2D eigenvalue weighted by Crippen LogP contribution is 2.34. The number of carbonyl (C=O) groups is 2. The fourth-order valence-electron chi connectivity index (χ4n) is 1.59. The molecule has 0 atom stereocenters. The van der Waals surface area contributed by atoms with Gasteiger partial charge in [0.25, 0.3) is 5.91 Å². The van der Waals surface area contributed by atoms with Crippen LogP contribution in [-0.4, -0.2) is 30.1 Å². The Morgan fingerprint density at radius 2 is 1.90 bits per heavy atom. The highest BCUT2D eigenvalue weighted by molar-refractivity contribution is 9.11. The summed E-state index contributed by atoms with van der Waals surface area (Å²) in [6.07, 6.45) is 2.35. The van der Waals surface area contributed by atoms with Crippen LogP contribution < -0.4 is 10.1 Å². The van der Waals surface area contributed by atoms with Gasteiger partial charge in [-0.3, -0.25) is 4.79 Å². The monoisotopic (exact) mass is 405 g/mol. The first-order chi connectivity index (χ1) is 9.47. The van der Waals surface area contributed by atoms with E-state index in [0.717, 1.165) is 0 Å². The molecular formula is C13H13Br2NO4. The molecule has 7 heteroatoms. The summed E-state index contributed by atoms with van der Waals surface area (Å²) < 4.78 is 6.39. The van der Waals surface area contributed by atoms with Crippen molar-refractivity contribution in [3.05, 3.63) is 26.6 Å². The summed E-state index contributed by atoms with van der Waals surface area (Å²) in [5.41, 5.74) is 0.134. The number of hydrogen-bond donors (Lipinski definition) is 2. The quantitative estimate of drug-likeness (QED) is 0.761. The summed E-state index contributed by atoms with van der Waals surface area (Å²) in [6, 6.07) is 2.87. The van der Waals surface area contributed by atoms with Crippen molar-refractivity contribution in [3.8, 4) is 5.75 Å². The minimum atomic E-state index is -1.03. The molecule has 2 N–H and O–H groups in total. The van der Waals surface area contributed by atoms with Gasteiger partial charge in [-0.2, -0.15) is 0 Å². The minimum absolute atomic E-state index is 0.101. The van der Waals surface area contributed by atoms with Crippen LogP contribution in [0.25, 0.3) is 0 Å². The van der Waals surface area contributed by atoms with Gasteiger partial charge in [0.2, 0.25) is 0 Å². The number of aromatic carboxylic acids is 1. The molecular weight excluding hydrogens is 394 g/mol. The van der Waals surface area contributed by atoms with E-state index in [1.165, 1.54) is 25.0 Å². The molecule has 0 bridgehead atoms. The van der Waals surface area contributed by atoms with Crippen LogP contribution in [0.5, 0.6) is 5.75 Å². The summed E-state index contributed by atoms with van der Waals surface area (Å²) in [7, 11) is 0. The van der Waals surface area contributed by atoms with Gasteiger partial charge in [-0.1, -0.05) is 0 Å². The second kappa shape index (κ2) is 6.58. The van der Waals surface area contributed by atoms with E-state index in [9.17, 15) is 9.59 Å². The molecule has 1 aliphatic rings. The number of carboxylic acid groups (broad SMARTS) is 1. The van der Waals surface area contributed by atoms with Gasteiger partial charge in [0.15, 0.2) is 6.61 Å². The zero-order valence-electron chi connectivity index (χ0n) is 10.5. The van der Waals surface area contributed by atoms with Crippen LogP contribution in [0, 0.1) is 5.92 Å². The van der Waals surface area contributed by atoms with Crippen molar-refractivity contribution in [2.45, 2.75) is 12.8 Å². The second-order valence-electron chi connectivity index (χ2n) is 4.61. The van der Waals surface area contributed by atoms with Gasteiger partial charge >= 0.3 is 5.97 Å². The van der Waals surface area contributed by atoms with Crippen molar-refractivity contribution in [1.82, 2.24) is 5.32 Å². The highest BCUT2D eigenvalue weighted by atomic mass is 79.9. The first kappa shape index (κ1) is 15.3. The summed E-state index contributed by atoms with van der Waals surface area (Å²) in [6.45, 7) is 0.596. The van der Waals surface area contributed by atoms with E-state index in [0.29, 0.717) is 27.2 Å². The van der Waals surface area contributed by atoms with E-state index < -0.39 is 5.97 Å². The molecule has 0 saturated heterocycles. The third-order valence-electron chi connectivity index (χ3n) is 2.88. The average Bonchev–Trinajstić information content (AvgIpc) is 3.19. The molecule has 0 radical (unpaired) electrons. The lowest BCUT2D eigenvalue weighted by Gasteiger charge is -2.11. The largest absolute Gasteiger partial charge is 0.481 e. The molecule has 0 aliphatic heterocycles. The van der Waals surface area contributed by atoms with Gasteiger partial charge in [0.05, 0.1) is 14.5 Å². The molecule has 20 heavy (non-hydrogen) atoms. The van der Waals surface area contributed by atoms with Crippen molar-refractivity contribution in [3.63, 3.8) is 0 Å². The van der Waals surface area contributed by atoms with Gasteiger partial charge in [0.1, 0.15) is 5.75 Å². The molecule has 0 aromatic heterocycles. The summed E-state index contributed by atoms with van der Waals surface area (Å²) in [5.74, 6) is -0.179. The van der Waals surface area contributed by atoms with E-state index in [1.54, 1.807) is 0 Å². The summed E-state index contributed by atoms with van der Waals surface area (Å²) in [4.78, 5) is 22.5. The molecule has 1 aromatic carbocycles. The van der Waals surface area contributed by atoms with Crippen LogP contribution in [0.2, 0.25) is 0 Å². The van der Waals surface area contributed by atoms with Crippen molar-refractivity contribution in [1.29, 1.82) is 0 Å². The van der Waals surface area contributed by atoms with Gasteiger partial charge in [0, 0.05) is 6.54 Å². The van der Waals surface area contributed by atoms with Crippen LogP contribution >= 0.6 is 31.9 Å². The molecule has 1 aliphatic carbocycles. The van der Waals surface area contributed by atoms with Crippen molar-refractivity contribution in [2.24, 2.45) is 5.92 Å². The zero-order valence-corrected chi connectivity index (χ0v) is 13.7. The molecule has 5 nitrogen and oxygen atoms in total. The minimum Gasteiger partial charge on any atom is -0.481 e. The lowest BCUT2D eigenvalue weighted by atomic mass is 10.2. The molecule has 1 fully saturated rings. The van der Waals surface area contributed by atoms with E-state index in [2.05, 4.69) is 37.2 Å². The van der Waals surface area contributed by atoms with Crippen LogP contribution in [0.15, 0.2) is 21.1 Å². The maximum atomic E-state index is 11.6. The third kappa shape index (κ3) is 4.21. The number of ether oxygens (including phenoxy) is 1. The zero-order chi connectivity index (χ0) is 14.7. The van der Waals surface area contributed by atoms with Gasteiger partial charge < -0.3 is 15.2 Å². The van der Waals surface area contributed by atoms with Crippen LogP contribution in [0.3, 0.4) is 0 Å². The Balaban J connectivity index is 1.94. The van der Waals surface area contributed by atoms with Gasteiger partial charge in [-0.05, 0) is 62.8 Å². The normalized spacial score (nSPS) is 13.9. The first-order valence-corrected chi connectivity index (χ1v) is 7.68. The van der Waals surface area contributed by atoms with Gasteiger partial charge in [-0.15, -0.1) is 0 Å². The number of carboxylic acids is 1. The van der Waals surface area contributed by atoms with E-state index >= 15 is 0 Å². The maximum absolute atomic E-state index is 11.6. The van der Waals surface area contributed by atoms with Crippen LogP contribution in [0.1, 0.15) is 23.2 Å². The molecule has 1 aromatic rings. The Bertz CT molecular complexity index is 520. The maximum Gasteiger partial charge on any atom is 0.335 e. The molecule has 0 spiro atoms. The second-order valence-corrected chi connectivity index (χ2v) is 6.32. The Labute approximate surface area is 132 Å². The number of hydrogen-bond acceptors (Lipinski definition) is 3. The van der Waals surface area contributed by atoms with Crippen molar-refractivity contribution in [2.75, 3.05) is 13.2 Å². The molecule has 0 unspecified atom stereocenters. The molecule has 108 valence electrons. The number of benzene rings is 1. The molecule has 1 amide bonds. The first-order valence-electron chi connectivity index (χ1n) is 6.09. The lowest BCUT2D eigenvalue weighted by Crippen LogP contribution is -2.30. The topological polar surface area (TPSA) is 75.6 Å². The van der Waals surface area contributed by atoms with E-state index in [-0.39, 0.29) is 18.1 Å². The molecule has 1 saturated carbocycles. The SMILES string of the molecule is O=C(COc1c(Br)cc(C(=O)O)cc1Br)NCC1CC1. The predicted octanol–water partition coefficient (Wildman–Crippen LogP) is 2.81. The Hall–Kier alpha value is -1.08. The van der Waals surface area contributed by atoms with Crippen molar-refractivity contribution < 1.29 is 19.4 Å².